The zero-order valence-corrected chi connectivity index (χ0v) is 17.5. The van der Waals surface area contributed by atoms with Gasteiger partial charge in [0.25, 0.3) is 0 Å². The molecule has 0 aliphatic carbocycles. The minimum Gasteiger partial charge on any atom is -0.462 e. The monoisotopic (exact) mass is 460 g/mol. The predicted octanol–water partition coefficient (Wildman–Crippen LogP) is 4.73. The highest BCUT2D eigenvalue weighted by Gasteiger charge is 2.60. The van der Waals surface area contributed by atoms with Crippen LogP contribution in [0.25, 0.3) is 0 Å². The van der Waals surface area contributed by atoms with E-state index in [-0.39, 0.29) is 11.1 Å². The number of ether oxygens (including phenoxy) is 1. The van der Waals surface area contributed by atoms with Crippen LogP contribution in [0.5, 0.6) is 0 Å². The van der Waals surface area contributed by atoms with Gasteiger partial charge in [-0.1, -0.05) is 0 Å². The van der Waals surface area contributed by atoms with Gasteiger partial charge in [0.15, 0.2) is 0 Å². The Bertz CT molecular complexity index is 719. The van der Waals surface area contributed by atoms with Gasteiger partial charge in [0.2, 0.25) is 0 Å². The number of esters is 1. The van der Waals surface area contributed by atoms with Crippen LogP contribution in [0.1, 0.15) is 40.2 Å². The SMILES string of the molecule is CCOC(=O)C(F)(F)[C@](C)(C[S@@](=O)C(C)(C)C)c1cc(Br)c(F)cc1F. The summed E-state index contributed by atoms with van der Waals surface area (Å²) in [7, 11) is -1.86. The Kier molecular flexibility index (Phi) is 7.07. The summed E-state index contributed by atoms with van der Waals surface area (Å²) in [5.41, 5.74) is -3.14. The van der Waals surface area contributed by atoms with Crippen LogP contribution in [-0.2, 0) is 25.7 Å². The van der Waals surface area contributed by atoms with E-state index in [4.69, 9.17) is 0 Å². The number of alkyl halides is 2. The average Bonchev–Trinajstić information content (AvgIpc) is 2.49. The van der Waals surface area contributed by atoms with Gasteiger partial charge in [-0.2, -0.15) is 8.78 Å². The summed E-state index contributed by atoms with van der Waals surface area (Å²) < 4.78 is 73.8. The quantitative estimate of drug-likeness (QED) is 0.350. The second-order valence-electron chi connectivity index (χ2n) is 6.98. The van der Waals surface area contributed by atoms with E-state index >= 15 is 8.78 Å². The second-order valence-corrected chi connectivity index (χ2v) is 10.0. The van der Waals surface area contributed by atoms with Crippen molar-refractivity contribution in [3.63, 3.8) is 0 Å². The molecule has 1 aromatic carbocycles. The van der Waals surface area contributed by atoms with Gasteiger partial charge >= 0.3 is 11.9 Å². The first kappa shape index (κ1) is 23.1. The number of carbonyl (C=O) groups is 1. The van der Waals surface area contributed by atoms with Gasteiger partial charge in [-0.05, 0) is 56.6 Å². The molecule has 0 aliphatic heterocycles. The number of rotatable bonds is 6. The predicted molar refractivity (Wildman–Crippen MR) is 95.8 cm³/mol. The molecule has 0 fully saturated rings. The molecule has 1 rings (SSSR count). The molecule has 0 radical (unpaired) electrons. The van der Waals surface area contributed by atoms with Gasteiger partial charge in [-0.15, -0.1) is 0 Å². The van der Waals surface area contributed by atoms with Crippen molar-refractivity contribution in [1.29, 1.82) is 0 Å². The lowest BCUT2D eigenvalue weighted by atomic mass is 9.77. The molecule has 0 aliphatic rings. The summed E-state index contributed by atoms with van der Waals surface area (Å²) in [4.78, 5) is 11.9. The molecule has 0 bridgehead atoms. The number of benzene rings is 1. The lowest BCUT2D eigenvalue weighted by molar-refractivity contribution is -0.181. The van der Waals surface area contributed by atoms with E-state index in [0.29, 0.717) is 6.07 Å². The molecule has 0 saturated heterocycles. The third-order valence-corrected chi connectivity index (χ3v) is 6.75. The highest BCUT2D eigenvalue weighted by atomic mass is 79.9. The smallest absolute Gasteiger partial charge is 0.377 e. The third kappa shape index (κ3) is 4.47. The molecule has 0 saturated carbocycles. The van der Waals surface area contributed by atoms with Gasteiger partial charge in [0, 0.05) is 32.9 Å². The Hall–Kier alpha value is -0.960. The number of hydrogen-bond donors (Lipinski definition) is 0. The molecule has 0 unspecified atom stereocenters. The van der Waals surface area contributed by atoms with Crippen molar-refractivity contribution >= 4 is 32.7 Å². The van der Waals surface area contributed by atoms with E-state index in [1.165, 1.54) is 6.92 Å². The van der Waals surface area contributed by atoms with Crippen LogP contribution in [0.15, 0.2) is 16.6 Å². The normalized spacial score (nSPS) is 16.1. The van der Waals surface area contributed by atoms with E-state index in [1.54, 1.807) is 20.8 Å². The molecule has 0 spiro atoms. The summed E-state index contributed by atoms with van der Waals surface area (Å²) in [5, 5.41) is 0. The summed E-state index contributed by atoms with van der Waals surface area (Å²) >= 11 is 2.83. The Labute approximate surface area is 161 Å². The Morgan fingerprint density at radius 3 is 2.15 bits per heavy atom. The van der Waals surface area contributed by atoms with Crippen molar-refractivity contribution in [3.05, 3.63) is 33.8 Å². The molecule has 0 amide bonds. The van der Waals surface area contributed by atoms with E-state index in [2.05, 4.69) is 20.7 Å². The lowest BCUT2D eigenvalue weighted by Gasteiger charge is -2.37. The standard InChI is InChI=1S/C17H21BrF4O3S/c1-6-25-14(23)17(21,22)16(5,9-26(24)15(2,3)4)10-7-11(18)13(20)8-12(10)19/h7-8H,6,9H2,1-5H3/t16-,26-/m1/s1. The van der Waals surface area contributed by atoms with Crippen molar-refractivity contribution in [2.24, 2.45) is 0 Å². The third-order valence-electron chi connectivity index (χ3n) is 3.93. The van der Waals surface area contributed by atoms with Gasteiger partial charge < -0.3 is 4.74 Å². The first-order valence-corrected chi connectivity index (χ1v) is 9.88. The lowest BCUT2D eigenvalue weighted by Crippen LogP contribution is -2.54. The zero-order chi connectivity index (χ0) is 20.5. The summed E-state index contributed by atoms with van der Waals surface area (Å²) in [5.74, 6) is -9.01. The van der Waals surface area contributed by atoms with Crippen molar-refractivity contribution in [2.75, 3.05) is 12.4 Å². The minimum absolute atomic E-state index is 0.249. The molecule has 3 nitrogen and oxygen atoms in total. The van der Waals surface area contributed by atoms with E-state index < -0.39 is 55.8 Å². The zero-order valence-electron chi connectivity index (χ0n) is 15.1. The van der Waals surface area contributed by atoms with Gasteiger partial charge in [0.05, 0.1) is 16.5 Å². The van der Waals surface area contributed by atoms with Crippen LogP contribution in [0.3, 0.4) is 0 Å². The molecule has 148 valence electrons. The van der Waals surface area contributed by atoms with Gasteiger partial charge in [-0.3, -0.25) is 4.21 Å². The Balaban J connectivity index is 3.65. The molecule has 0 N–H and O–H groups in total. The maximum absolute atomic E-state index is 15.0. The summed E-state index contributed by atoms with van der Waals surface area (Å²) in [6, 6.07) is 1.29. The van der Waals surface area contributed by atoms with Crippen molar-refractivity contribution in [2.45, 2.75) is 50.7 Å². The van der Waals surface area contributed by atoms with Crippen molar-refractivity contribution < 1.29 is 31.3 Å². The van der Waals surface area contributed by atoms with E-state index in [0.717, 1.165) is 13.0 Å². The second kappa shape index (κ2) is 7.96. The number of carbonyl (C=O) groups excluding carboxylic acids is 1. The number of hydrogen-bond acceptors (Lipinski definition) is 3. The average molecular weight is 461 g/mol. The molecule has 0 heterocycles. The van der Waals surface area contributed by atoms with Crippen molar-refractivity contribution in [1.82, 2.24) is 0 Å². The van der Waals surface area contributed by atoms with Crippen LogP contribution >= 0.6 is 15.9 Å². The molecule has 9 heteroatoms. The Morgan fingerprint density at radius 1 is 1.15 bits per heavy atom. The first-order valence-electron chi connectivity index (χ1n) is 7.77. The fourth-order valence-corrected chi connectivity index (χ4v) is 3.85. The highest BCUT2D eigenvalue weighted by molar-refractivity contribution is 9.10. The molecular formula is C17H21BrF4O3S. The van der Waals surface area contributed by atoms with Gasteiger partial charge in [0.1, 0.15) is 11.6 Å². The van der Waals surface area contributed by atoms with E-state index in [9.17, 15) is 17.8 Å². The summed E-state index contributed by atoms with van der Waals surface area (Å²) in [6.07, 6.45) is 0. The number of halogens is 5. The molecular weight excluding hydrogens is 440 g/mol. The molecule has 1 aromatic rings. The fraction of sp³-hybridized carbons (Fsp3) is 0.588. The largest absolute Gasteiger partial charge is 0.462 e. The van der Waals surface area contributed by atoms with Crippen LogP contribution < -0.4 is 0 Å². The maximum Gasteiger partial charge on any atom is 0.377 e. The van der Waals surface area contributed by atoms with Crippen LogP contribution in [0.2, 0.25) is 0 Å². The van der Waals surface area contributed by atoms with Crippen LogP contribution in [0, 0.1) is 11.6 Å². The fourth-order valence-electron chi connectivity index (χ4n) is 2.21. The summed E-state index contributed by atoms with van der Waals surface area (Å²) in [6.45, 7) is 6.70. The molecule has 0 aromatic heterocycles. The molecule has 2 atom stereocenters. The van der Waals surface area contributed by atoms with Gasteiger partial charge in [-0.25, -0.2) is 13.6 Å². The highest BCUT2D eigenvalue weighted by Crippen LogP contribution is 2.44. The maximum atomic E-state index is 15.0. The minimum atomic E-state index is -4.19. The van der Waals surface area contributed by atoms with Crippen LogP contribution in [0.4, 0.5) is 17.6 Å². The van der Waals surface area contributed by atoms with Crippen LogP contribution in [-0.4, -0.2) is 33.2 Å². The molecule has 26 heavy (non-hydrogen) atoms. The Morgan fingerprint density at radius 2 is 1.69 bits per heavy atom. The van der Waals surface area contributed by atoms with Crippen molar-refractivity contribution in [3.8, 4) is 0 Å². The topological polar surface area (TPSA) is 43.4 Å². The van der Waals surface area contributed by atoms with E-state index in [1.807, 2.05) is 0 Å². The first-order chi connectivity index (χ1) is 11.7.